The average Bonchev–Trinajstić information content (AvgIpc) is 2.37. The van der Waals surface area contributed by atoms with Crippen LogP contribution in [-0.4, -0.2) is 26.7 Å². The molecule has 0 amide bonds. The van der Waals surface area contributed by atoms with Gasteiger partial charge in [-0.25, -0.2) is 4.79 Å². The highest BCUT2D eigenvalue weighted by atomic mass is 16.5. The number of methoxy groups -OCH3 is 1. The maximum absolute atomic E-state index is 11.5. The van der Waals surface area contributed by atoms with E-state index in [-0.39, 0.29) is 5.92 Å². The van der Waals surface area contributed by atoms with E-state index in [1.54, 1.807) is 12.1 Å². The molecule has 0 radical (unpaired) electrons. The summed E-state index contributed by atoms with van der Waals surface area (Å²) in [6.45, 7) is 2.38. The van der Waals surface area contributed by atoms with Crippen LogP contribution in [0, 0.1) is 17.2 Å². The SMILES string of the molecule is COC(=O)c1cccc(N(C)CC(C)C#N)c1N. The van der Waals surface area contributed by atoms with E-state index in [1.165, 1.54) is 7.11 Å². The van der Waals surface area contributed by atoms with E-state index in [0.29, 0.717) is 17.8 Å². The Balaban J connectivity index is 3.04. The van der Waals surface area contributed by atoms with Gasteiger partial charge in [0.1, 0.15) is 0 Å². The molecular weight excluding hydrogens is 230 g/mol. The lowest BCUT2D eigenvalue weighted by Gasteiger charge is -2.23. The maximum atomic E-state index is 11.5. The van der Waals surface area contributed by atoms with Crippen molar-refractivity contribution in [3.05, 3.63) is 23.8 Å². The number of esters is 1. The monoisotopic (exact) mass is 247 g/mol. The fourth-order valence-electron chi connectivity index (χ4n) is 1.72. The number of hydrogen-bond donors (Lipinski definition) is 1. The molecule has 1 aromatic carbocycles. The van der Waals surface area contributed by atoms with Crippen molar-refractivity contribution in [2.24, 2.45) is 5.92 Å². The summed E-state index contributed by atoms with van der Waals surface area (Å²) in [5.41, 5.74) is 7.39. The van der Waals surface area contributed by atoms with Crippen molar-refractivity contribution < 1.29 is 9.53 Å². The second kappa shape index (κ2) is 5.92. The van der Waals surface area contributed by atoms with Crippen LogP contribution in [0.1, 0.15) is 17.3 Å². The first kappa shape index (κ1) is 13.8. The number of nitrogens with zero attached hydrogens (tertiary/aromatic N) is 2. The summed E-state index contributed by atoms with van der Waals surface area (Å²) in [5.74, 6) is -0.577. The van der Waals surface area contributed by atoms with E-state index in [2.05, 4.69) is 10.8 Å². The second-order valence-electron chi connectivity index (χ2n) is 4.14. The van der Waals surface area contributed by atoms with Crippen LogP contribution in [-0.2, 0) is 4.74 Å². The molecular formula is C13H17N3O2. The Labute approximate surface area is 107 Å². The lowest BCUT2D eigenvalue weighted by molar-refractivity contribution is 0.0602. The first-order valence-electron chi connectivity index (χ1n) is 5.58. The number of hydrogen-bond acceptors (Lipinski definition) is 5. The van der Waals surface area contributed by atoms with Gasteiger partial charge in [0.25, 0.3) is 0 Å². The summed E-state index contributed by atoms with van der Waals surface area (Å²) in [4.78, 5) is 13.4. The maximum Gasteiger partial charge on any atom is 0.340 e. The smallest absolute Gasteiger partial charge is 0.340 e. The van der Waals surface area contributed by atoms with Gasteiger partial charge < -0.3 is 15.4 Å². The third kappa shape index (κ3) is 2.92. The first-order chi connectivity index (χ1) is 8.51. The number of rotatable bonds is 4. The predicted molar refractivity (Wildman–Crippen MR) is 70.2 cm³/mol. The Morgan fingerprint density at radius 1 is 1.61 bits per heavy atom. The quantitative estimate of drug-likeness (QED) is 0.646. The number of nitriles is 1. The van der Waals surface area contributed by atoms with Crippen LogP contribution >= 0.6 is 0 Å². The summed E-state index contributed by atoms with van der Waals surface area (Å²) < 4.78 is 4.66. The van der Waals surface area contributed by atoms with Crippen LogP contribution in [0.3, 0.4) is 0 Å². The van der Waals surface area contributed by atoms with Crippen LogP contribution in [0.15, 0.2) is 18.2 Å². The van der Waals surface area contributed by atoms with Crippen molar-refractivity contribution >= 4 is 17.3 Å². The molecule has 0 saturated carbocycles. The first-order valence-corrected chi connectivity index (χ1v) is 5.58. The third-order valence-corrected chi connectivity index (χ3v) is 2.67. The van der Waals surface area contributed by atoms with Crippen molar-refractivity contribution in [3.63, 3.8) is 0 Å². The van der Waals surface area contributed by atoms with Gasteiger partial charge in [0.15, 0.2) is 0 Å². The van der Waals surface area contributed by atoms with Gasteiger partial charge in [-0.1, -0.05) is 6.07 Å². The Morgan fingerprint density at radius 3 is 2.83 bits per heavy atom. The van der Waals surface area contributed by atoms with Crippen molar-refractivity contribution in [2.75, 3.05) is 31.3 Å². The highest BCUT2D eigenvalue weighted by Gasteiger charge is 2.15. The zero-order valence-electron chi connectivity index (χ0n) is 10.8. The Bertz CT molecular complexity index is 480. The summed E-state index contributed by atoms with van der Waals surface area (Å²) in [6.07, 6.45) is 0. The Hall–Kier alpha value is -2.22. The highest BCUT2D eigenvalue weighted by molar-refractivity contribution is 5.98. The fraction of sp³-hybridized carbons (Fsp3) is 0.385. The minimum atomic E-state index is -0.462. The summed E-state index contributed by atoms with van der Waals surface area (Å²) >= 11 is 0. The highest BCUT2D eigenvalue weighted by Crippen LogP contribution is 2.26. The largest absolute Gasteiger partial charge is 0.465 e. The number of nitrogen functional groups attached to an aromatic ring is 1. The predicted octanol–water partition coefficient (Wildman–Crippen LogP) is 1.65. The molecule has 0 fully saturated rings. The molecule has 1 atom stereocenters. The molecule has 1 aromatic rings. The lowest BCUT2D eigenvalue weighted by Crippen LogP contribution is -2.24. The van der Waals surface area contributed by atoms with Crippen LogP contribution in [0.2, 0.25) is 0 Å². The second-order valence-corrected chi connectivity index (χ2v) is 4.14. The third-order valence-electron chi connectivity index (χ3n) is 2.67. The minimum absolute atomic E-state index is 0.115. The van der Waals surface area contributed by atoms with Gasteiger partial charge in [-0.2, -0.15) is 5.26 Å². The van der Waals surface area contributed by atoms with Crippen molar-refractivity contribution in [1.29, 1.82) is 5.26 Å². The number of nitrogens with two attached hydrogens (primary N) is 1. The van der Waals surface area contributed by atoms with Crippen LogP contribution in [0.25, 0.3) is 0 Å². The number of benzene rings is 1. The lowest BCUT2D eigenvalue weighted by atomic mass is 10.1. The Kier molecular flexibility index (Phi) is 4.55. The number of carbonyl (C=O) groups excluding carboxylic acids is 1. The number of para-hydroxylation sites is 1. The van der Waals surface area contributed by atoms with Crippen molar-refractivity contribution in [3.8, 4) is 6.07 Å². The molecule has 5 nitrogen and oxygen atoms in total. The number of anilines is 2. The topological polar surface area (TPSA) is 79.3 Å². The van der Waals surface area contributed by atoms with Gasteiger partial charge in [-0.05, 0) is 19.1 Å². The average molecular weight is 247 g/mol. The number of ether oxygens (including phenoxy) is 1. The normalized spacial score (nSPS) is 11.4. The molecule has 0 heterocycles. The molecule has 0 aliphatic carbocycles. The molecule has 2 N–H and O–H groups in total. The van der Waals surface area contributed by atoms with Gasteiger partial charge in [-0.15, -0.1) is 0 Å². The molecule has 0 aromatic heterocycles. The van der Waals surface area contributed by atoms with Crippen molar-refractivity contribution in [1.82, 2.24) is 0 Å². The van der Waals surface area contributed by atoms with Gasteiger partial charge in [0, 0.05) is 13.6 Å². The molecule has 96 valence electrons. The number of carbonyl (C=O) groups is 1. The Morgan fingerprint density at radius 2 is 2.28 bits per heavy atom. The van der Waals surface area contributed by atoms with Crippen LogP contribution in [0.5, 0.6) is 0 Å². The summed E-state index contributed by atoms with van der Waals surface area (Å²) in [7, 11) is 3.15. The van der Waals surface area contributed by atoms with E-state index in [4.69, 9.17) is 11.0 Å². The standard InChI is InChI=1S/C13H17N3O2/c1-9(7-14)8-16(2)11-6-4-5-10(12(11)15)13(17)18-3/h4-6,9H,8,15H2,1-3H3. The molecule has 0 aliphatic rings. The molecule has 0 saturated heterocycles. The van der Waals surface area contributed by atoms with Crippen molar-refractivity contribution in [2.45, 2.75) is 6.92 Å². The molecule has 5 heteroatoms. The van der Waals surface area contributed by atoms with Gasteiger partial charge in [-0.3, -0.25) is 0 Å². The molecule has 0 aliphatic heterocycles. The van der Waals surface area contributed by atoms with E-state index in [9.17, 15) is 4.79 Å². The van der Waals surface area contributed by atoms with Gasteiger partial charge in [0.2, 0.25) is 0 Å². The van der Waals surface area contributed by atoms with Gasteiger partial charge >= 0.3 is 5.97 Å². The zero-order valence-corrected chi connectivity index (χ0v) is 10.8. The fourth-order valence-corrected chi connectivity index (χ4v) is 1.72. The zero-order chi connectivity index (χ0) is 13.7. The van der Waals surface area contributed by atoms with E-state index < -0.39 is 5.97 Å². The van der Waals surface area contributed by atoms with E-state index in [0.717, 1.165) is 5.69 Å². The summed E-state index contributed by atoms with van der Waals surface area (Å²) in [6, 6.07) is 7.33. The molecule has 1 rings (SSSR count). The van der Waals surface area contributed by atoms with Gasteiger partial charge in [0.05, 0.1) is 36.0 Å². The molecule has 0 spiro atoms. The molecule has 18 heavy (non-hydrogen) atoms. The summed E-state index contributed by atoms with van der Waals surface area (Å²) in [5, 5.41) is 8.80. The molecule has 1 unspecified atom stereocenters. The van der Waals surface area contributed by atoms with E-state index in [1.807, 2.05) is 24.9 Å². The van der Waals surface area contributed by atoms with Crippen LogP contribution < -0.4 is 10.6 Å². The van der Waals surface area contributed by atoms with Crippen LogP contribution in [0.4, 0.5) is 11.4 Å². The minimum Gasteiger partial charge on any atom is -0.465 e. The van der Waals surface area contributed by atoms with E-state index >= 15 is 0 Å². The molecule has 0 bridgehead atoms.